The zero-order valence-electron chi connectivity index (χ0n) is 18.6. The molecule has 2 aromatic carbocycles. The normalized spacial score (nSPS) is 24.5. The Bertz CT molecular complexity index is 1270. The fourth-order valence-corrected chi connectivity index (χ4v) is 4.10. The topological polar surface area (TPSA) is 139 Å². The monoisotopic (exact) mass is 479 g/mol. The number of benzene rings is 2. The molecule has 10 heteroatoms. The summed E-state index contributed by atoms with van der Waals surface area (Å²) in [5.41, 5.74) is 4.45. The molecule has 4 N–H and O–H groups in total. The van der Waals surface area contributed by atoms with Gasteiger partial charge in [-0.25, -0.2) is 4.98 Å². The summed E-state index contributed by atoms with van der Waals surface area (Å²) in [6.07, 6.45) is -1.86. The van der Waals surface area contributed by atoms with Crippen molar-refractivity contribution in [1.82, 2.24) is 14.5 Å². The molecule has 5 rings (SSSR count). The molecule has 2 aromatic heterocycles. The third-order valence-corrected chi connectivity index (χ3v) is 5.99. The van der Waals surface area contributed by atoms with E-state index in [9.17, 15) is 20.4 Å². The van der Waals surface area contributed by atoms with Crippen LogP contribution >= 0.6 is 0 Å². The van der Waals surface area contributed by atoms with Crippen molar-refractivity contribution in [2.45, 2.75) is 37.3 Å². The summed E-state index contributed by atoms with van der Waals surface area (Å²) in [6.45, 7) is -0.0521. The Morgan fingerprint density at radius 3 is 2.51 bits per heavy atom. The van der Waals surface area contributed by atoms with Gasteiger partial charge >= 0.3 is 0 Å². The molecule has 1 fully saturated rings. The first-order valence-corrected chi connectivity index (χ1v) is 11.1. The Morgan fingerprint density at radius 1 is 0.943 bits per heavy atom. The van der Waals surface area contributed by atoms with E-state index in [-0.39, 0.29) is 0 Å². The fourth-order valence-electron chi connectivity index (χ4n) is 4.10. The van der Waals surface area contributed by atoms with Gasteiger partial charge in [0.1, 0.15) is 23.8 Å². The zero-order chi connectivity index (χ0) is 24.4. The van der Waals surface area contributed by atoms with Gasteiger partial charge in [-0.2, -0.15) is 4.89 Å². The summed E-state index contributed by atoms with van der Waals surface area (Å²) in [6, 6.07) is 17.2. The third-order valence-electron chi connectivity index (χ3n) is 5.99. The van der Waals surface area contributed by atoms with Crippen LogP contribution in [0.4, 0.5) is 0 Å². The van der Waals surface area contributed by atoms with Crippen LogP contribution in [0.5, 0.6) is 5.75 Å². The quantitative estimate of drug-likeness (QED) is 0.228. The first kappa shape index (κ1) is 23.4. The molecule has 0 saturated carbocycles. The number of aromatic nitrogens is 3. The van der Waals surface area contributed by atoms with Crippen molar-refractivity contribution in [3.05, 3.63) is 78.9 Å². The molecule has 0 bridgehead atoms. The van der Waals surface area contributed by atoms with E-state index in [0.29, 0.717) is 23.3 Å². The summed E-state index contributed by atoms with van der Waals surface area (Å²) >= 11 is 0. The van der Waals surface area contributed by atoms with Crippen LogP contribution < -0.4 is 4.89 Å². The average Bonchev–Trinajstić information content (AvgIpc) is 3.30. The van der Waals surface area contributed by atoms with Crippen LogP contribution in [0.1, 0.15) is 5.56 Å². The van der Waals surface area contributed by atoms with Gasteiger partial charge in [0.25, 0.3) is 0 Å². The van der Waals surface area contributed by atoms with E-state index in [1.807, 2.05) is 53.2 Å². The Balaban J connectivity index is 1.34. The van der Waals surface area contributed by atoms with Crippen molar-refractivity contribution < 1.29 is 34.9 Å². The summed E-state index contributed by atoms with van der Waals surface area (Å²) < 4.78 is 7.00. The molecule has 0 aliphatic carbocycles. The van der Waals surface area contributed by atoms with Gasteiger partial charge in [-0.1, -0.05) is 36.4 Å². The van der Waals surface area contributed by atoms with Gasteiger partial charge in [0, 0.05) is 18.9 Å². The Labute approximate surface area is 200 Å². The lowest BCUT2D eigenvalue weighted by molar-refractivity contribution is -0.364. The second kappa shape index (κ2) is 10.1. The largest absolute Gasteiger partial charge is 0.394 e. The standard InChI is InChI=1S/C25H25N3O7/c29-13-20-22(30)23(31)24(25(32)33-20)35-34-19-5-1-4-18-21(19)28(14-27-18)12-15-6-8-16(9-7-15)17-3-2-10-26-11-17/h1-11,14,20,22-25,29-32H,12-13H2/t20-,22-,23+,24-,25-/m1/s1. The molecule has 35 heavy (non-hydrogen) atoms. The number of pyridine rings is 1. The number of fused-ring (bicyclic) bond motifs is 1. The van der Waals surface area contributed by atoms with Crippen LogP contribution in [0.2, 0.25) is 0 Å². The van der Waals surface area contributed by atoms with E-state index in [0.717, 1.165) is 16.7 Å². The van der Waals surface area contributed by atoms with E-state index in [4.69, 9.17) is 14.5 Å². The molecule has 10 nitrogen and oxygen atoms in total. The van der Waals surface area contributed by atoms with E-state index < -0.39 is 37.3 Å². The maximum absolute atomic E-state index is 10.3. The van der Waals surface area contributed by atoms with Crippen LogP contribution in [0.25, 0.3) is 22.2 Å². The van der Waals surface area contributed by atoms with Crippen molar-refractivity contribution >= 4 is 11.0 Å². The van der Waals surface area contributed by atoms with Crippen LogP contribution in [0.3, 0.4) is 0 Å². The number of rotatable bonds is 7. The van der Waals surface area contributed by atoms with Crippen LogP contribution in [-0.2, 0) is 16.2 Å². The molecule has 5 atom stereocenters. The number of aliphatic hydroxyl groups is 4. The molecule has 0 radical (unpaired) electrons. The molecule has 1 aliphatic rings. The first-order chi connectivity index (χ1) is 17.0. The minimum absolute atomic E-state index is 0.310. The van der Waals surface area contributed by atoms with Gasteiger partial charge in [-0.05, 0) is 34.9 Å². The minimum Gasteiger partial charge on any atom is -0.394 e. The smallest absolute Gasteiger partial charge is 0.191 e. The molecular formula is C25H25N3O7. The average molecular weight is 479 g/mol. The molecule has 0 unspecified atom stereocenters. The minimum atomic E-state index is -1.60. The van der Waals surface area contributed by atoms with Gasteiger partial charge in [-0.3, -0.25) is 4.98 Å². The van der Waals surface area contributed by atoms with Crippen molar-refractivity contribution in [1.29, 1.82) is 0 Å². The lowest BCUT2D eigenvalue weighted by atomic mass is 9.99. The predicted octanol–water partition coefficient (Wildman–Crippen LogP) is 1.26. The van der Waals surface area contributed by atoms with E-state index in [1.165, 1.54) is 0 Å². The molecule has 4 aromatic rings. The summed E-state index contributed by atoms with van der Waals surface area (Å²) in [7, 11) is 0. The number of imidazole rings is 1. The Morgan fingerprint density at radius 2 is 1.77 bits per heavy atom. The molecular weight excluding hydrogens is 454 g/mol. The number of hydrogen-bond donors (Lipinski definition) is 4. The number of nitrogens with zero attached hydrogens (tertiary/aromatic N) is 3. The maximum Gasteiger partial charge on any atom is 0.191 e. The molecule has 1 saturated heterocycles. The zero-order valence-corrected chi connectivity index (χ0v) is 18.6. The van der Waals surface area contributed by atoms with E-state index >= 15 is 0 Å². The summed E-state index contributed by atoms with van der Waals surface area (Å²) in [4.78, 5) is 19.4. The third kappa shape index (κ3) is 4.76. The van der Waals surface area contributed by atoms with Crippen LogP contribution in [0.15, 0.2) is 73.3 Å². The number of aliphatic hydroxyl groups excluding tert-OH is 4. The number of para-hydroxylation sites is 1. The van der Waals surface area contributed by atoms with Crippen molar-refractivity contribution in [3.8, 4) is 16.9 Å². The Kier molecular flexibility index (Phi) is 6.73. The maximum atomic E-state index is 10.3. The van der Waals surface area contributed by atoms with Crippen molar-refractivity contribution in [2.24, 2.45) is 0 Å². The highest BCUT2D eigenvalue weighted by Crippen LogP contribution is 2.29. The lowest BCUT2D eigenvalue weighted by Crippen LogP contribution is -2.59. The molecule has 3 heterocycles. The fraction of sp³-hybridized carbons (Fsp3) is 0.280. The van der Waals surface area contributed by atoms with Gasteiger partial charge in [-0.15, -0.1) is 0 Å². The molecule has 182 valence electrons. The second-order valence-electron chi connectivity index (χ2n) is 8.31. The highest BCUT2D eigenvalue weighted by Gasteiger charge is 2.45. The van der Waals surface area contributed by atoms with Gasteiger partial charge in [0.15, 0.2) is 18.1 Å². The van der Waals surface area contributed by atoms with Gasteiger partial charge in [0.2, 0.25) is 0 Å². The predicted molar refractivity (Wildman–Crippen MR) is 124 cm³/mol. The number of hydrogen-bond acceptors (Lipinski definition) is 9. The summed E-state index contributed by atoms with van der Waals surface area (Å²) in [5, 5.41) is 39.7. The van der Waals surface area contributed by atoms with E-state index in [1.54, 1.807) is 24.7 Å². The summed E-state index contributed by atoms with van der Waals surface area (Å²) in [5.74, 6) is 0.310. The second-order valence-corrected chi connectivity index (χ2v) is 8.31. The highest BCUT2D eigenvalue weighted by atomic mass is 17.2. The molecule has 1 aliphatic heterocycles. The Hall–Kier alpha value is -3.38. The number of ether oxygens (including phenoxy) is 1. The highest BCUT2D eigenvalue weighted by molar-refractivity contribution is 5.82. The molecule has 0 spiro atoms. The van der Waals surface area contributed by atoms with Gasteiger partial charge in [0.05, 0.1) is 18.5 Å². The van der Waals surface area contributed by atoms with Crippen molar-refractivity contribution in [3.63, 3.8) is 0 Å². The van der Waals surface area contributed by atoms with Crippen LogP contribution in [0, 0.1) is 0 Å². The van der Waals surface area contributed by atoms with Crippen LogP contribution in [-0.4, -0.2) is 72.3 Å². The van der Waals surface area contributed by atoms with Crippen molar-refractivity contribution in [2.75, 3.05) is 6.61 Å². The van der Waals surface area contributed by atoms with E-state index in [2.05, 4.69) is 9.97 Å². The van der Waals surface area contributed by atoms with Gasteiger partial charge < -0.3 is 34.6 Å². The lowest BCUT2D eigenvalue weighted by Gasteiger charge is -2.38. The molecule has 0 amide bonds. The first-order valence-electron chi connectivity index (χ1n) is 11.1. The SMILES string of the molecule is OC[C@H]1O[C@@H](O)[C@H](OOc2cccc3ncn(Cc4ccc(-c5cccnc5)cc4)c23)[C@@H](O)[C@@H]1O.